The highest BCUT2D eigenvalue weighted by Crippen LogP contribution is 2.42. The molecule has 0 amide bonds. The van der Waals surface area contributed by atoms with E-state index in [1.807, 2.05) is 0 Å². The third kappa shape index (κ3) is 3.75. The number of methoxy groups -OCH3 is 2. The van der Waals surface area contributed by atoms with Gasteiger partial charge < -0.3 is 14.4 Å². The van der Waals surface area contributed by atoms with Crippen LogP contribution in [0.1, 0.15) is 11.7 Å². The highest BCUT2D eigenvalue weighted by atomic mass is 19.4. The van der Waals surface area contributed by atoms with Crippen molar-refractivity contribution < 1.29 is 31.8 Å². The maximum absolute atomic E-state index is 14.0. The van der Waals surface area contributed by atoms with Crippen LogP contribution < -0.4 is 15.0 Å². The van der Waals surface area contributed by atoms with Gasteiger partial charge in [-0.05, 0) is 42.0 Å². The van der Waals surface area contributed by atoms with Gasteiger partial charge in [0.25, 0.3) is 0 Å². The molecular weight excluding hydrogens is 380 g/mol. The maximum atomic E-state index is 14.0. The van der Waals surface area contributed by atoms with Crippen LogP contribution in [0.25, 0.3) is 0 Å². The van der Waals surface area contributed by atoms with E-state index in [4.69, 9.17) is 4.74 Å². The number of esters is 1. The first-order valence-electron chi connectivity index (χ1n) is 8.34. The Hall–Kier alpha value is -2.81. The molecule has 0 saturated carbocycles. The van der Waals surface area contributed by atoms with Crippen LogP contribution in [0.4, 0.5) is 23.2 Å². The van der Waals surface area contributed by atoms with E-state index in [-0.39, 0.29) is 5.69 Å². The Labute approximate surface area is 158 Å². The van der Waals surface area contributed by atoms with Gasteiger partial charge in [0.05, 0.1) is 14.2 Å². The average Bonchev–Trinajstić information content (AvgIpc) is 3.09. The molecule has 1 saturated heterocycles. The van der Waals surface area contributed by atoms with E-state index in [0.29, 0.717) is 11.3 Å². The zero-order valence-electron chi connectivity index (χ0n) is 15.0. The van der Waals surface area contributed by atoms with Gasteiger partial charge in [-0.2, -0.15) is 13.2 Å². The number of nitrogens with one attached hydrogen (secondary N) is 1. The van der Waals surface area contributed by atoms with Crippen LogP contribution in [0.2, 0.25) is 0 Å². The lowest BCUT2D eigenvalue weighted by atomic mass is 10.1. The summed E-state index contributed by atoms with van der Waals surface area (Å²) in [4.78, 5) is 13.1. The molecule has 0 spiro atoms. The zero-order valence-corrected chi connectivity index (χ0v) is 15.0. The molecule has 1 fully saturated rings. The van der Waals surface area contributed by atoms with Gasteiger partial charge in [0, 0.05) is 5.69 Å². The summed E-state index contributed by atoms with van der Waals surface area (Å²) in [5.74, 6) is -1.08. The summed E-state index contributed by atoms with van der Waals surface area (Å²) < 4.78 is 64.8. The summed E-state index contributed by atoms with van der Waals surface area (Å²) >= 11 is 0. The zero-order chi connectivity index (χ0) is 20.5. The number of carbonyl (C=O) groups is 1. The number of benzene rings is 2. The van der Waals surface area contributed by atoms with Crippen LogP contribution in [-0.4, -0.2) is 38.4 Å². The predicted octanol–water partition coefficient (Wildman–Crippen LogP) is 3.42. The van der Waals surface area contributed by atoms with Crippen molar-refractivity contribution in [1.29, 1.82) is 0 Å². The Morgan fingerprint density at radius 3 is 2.14 bits per heavy atom. The Balaban J connectivity index is 2.12. The van der Waals surface area contributed by atoms with E-state index in [1.165, 1.54) is 43.5 Å². The fourth-order valence-corrected chi connectivity index (χ4v) is 3.30. The molecule has 1 aliphatic heterocycles. The number of carbonyl (C=O) groups excluding carboxylic acids is 1. The second-order valence-corrected chi connectivity index (χ2v) is 6.21. The summed E-state index contributed by atoms with van der Waals surface area (Å²) in [6, 6.07) is 7.20. The fourth-order valence-electron chi connectivity index (χ4n) is 3.30. The molecule has 3 rings (SSSR count). The van der Waals surface area contributed by atoms with Gasteiger partial charge in [0.15, 0.2) is 6.04 Å². The lowest BCUT2D eigenvalue weighted by Gasteiger charge is -2.33. The smallest absolute Gasteiger partial charge is 0.410 e. The molecule has 0 aromatic heterocycles. The average molecular weight is 398 g/mol. The Bertz CT molecular complexity index is 825. The van der Waals surface area contributed by atoms with Gasteiger partial charge in [0.1, 0.15) is 23.8 Å². The van der Waals surface area contributed by atoms with E-state index in [1.54, 1.807) is 0 Å². The van der Waals surface area contributed by atoms with Gasteiger partial charge in [0.2, 0.25) is 0 Å². The van der Waals surface area contributed by atoms with Gasteiger partial charge in [-0.3, -0.25) is 10.1 Å². The number of ether oxygens (including phenoxy) is 2. The highest BCUT2D eigenvalue weighted by Gasteiger charge is 2.58. The van der Waals surface area contributed by atoms with Crippen molar-refractivity contribution in [3.8, 4) is 5.75 Å². The molecule has 5 nitrogen and oxygen atoms in total. The van der Waals surface area contributed by atoms with Crippen molar-refractivity contribution in [2.45, 2.75) is 24.4 Å². The number of nitrogens with zero attached hydrogens (tertiary/aromatic N) is 1. The third-order valence-corrected chi connectivity index (χ3v) is 4.58. The van der Waals surface area contributed by atoms with Crippen LogP contribution in [-0.2, 0) is 9.53 Å². The molecule has 3 atom stereocenters. The maximum Gasteiger partial charge on any atom is 0.410 e. The summed E-state index contributed by atoms with van der Waals surface area (Å²) in [5.41, 5.74) is 0.592. The fraction of sp³-hybridized carbons (Fsp3) is 0.316. The predicted molar refractivity (Wildman–Crippen MR) is 93.4 cm³/mol. The highest BCUT2D eigenvalue weighted by molar-refractivity contribution is 5.79. The Morgan fingerprint density at radius 2 is 1.64 bits per heavy atom. The SMILES string of the molecule is COC(=O)[C@@H]1N[C@@H](c2ccc(F)cc2)N(c2ccc(OC)cc2)[C@H]1C(F)(F)F. The molecule has 1 heterocycles. The van der Waals surface area contributed by atoms with Crippen LogP contribution in [0.3, 0.4) is 0 Å². The van der Waals surface area contributed by atoms with Gasteiger partial charge in [-0.15, -0.1) is 0 Å². The minimum Gasteiger partial charge on any atom is -0.497 e. The van der Waals surface area contributed by atoms with E-state index in [0.717, 1.165) is 24.1 Å². The second kappa shape index (κ2) is 7.67. The molecule has 2 aromatic carbocycles. The largest absolute Gasteiger partial charge is 0.497 e. The van der Waals surface area contributed by atoms with Crippen LogP contribution in [0, 0.1) is 5.82 Å². The second-order valence-electron chi connectivity index (χ2n) is 6.21. The Morgan fingerprint density at radius 1 is 1.04 bits per heavy atom. The topological polar surface area (TPSA) is 50.8 Å². The summed E-state index contributed by atoms with van der Waals surface area (Å²) in [5, 5.41) is 2.69. The lowest BCUT2D eigenvalue weighted by Crippen LogP contribution is -2.51. The Kier molecular flexibility index (Phi) is 5.46. The normalized spacial score (nSPS) is 22.2. The van der Waals surface area contributed by atoms with Crippen molar-refractivity contribution in [3.05, 3.63) is 59.9 Å². The molecule has 0 aliphatic carbocycles. The van der Waals surface area contributed by atoms with Crippen LogP contribution >= 0.6 is 0 Å². The number of anilines is 1. The van der Waals surface area contributed by atoms with E-state index < -0.39 is 36.2 Å². The van der Waals surface area contributed by atoms with Crippen molar-refractivity contribution >= 4 is 11.7 Å². The van der Waals surface area contributed by atoms with Gasteiger partial charge in [-0.1, -0.05) is 12.1 Å². The minimum atomic E-state index is -4.74. The van der Waals surface area contributed by atoms with Crippen LogP contribution in [0.15, 0.2) is 48.5 Å². The molecule has 0 bridgehead atoms. The molecule has 9 heteroatoms. The van der Waals surface area contributed by atoms with Crippen LogP contribution in [0.5, 0.6) is 5.75 Å². The molecule has 2 aromatic rings. The lowest BCUT2D eigenvalue weighted by molar-refractivity contribution is -0.164. The minimum absolute atomic E-state index is 0.219. The molecular formula is C19H18F4N2O3. The number of rotatable bonds is 4. The van der Waals surface area contributed by atoms with Gasteiger partial charge >= 0.3 is 12.1 Å². The van der Waals surface area contributed by atoms with Crippen molar-refractivity contribution in [2.75, 3.05) is 19.1 Å². The first kappa shape index (κ1) is 19.9. The molecule has 28 heavy (non-hydrogen) atoms. The number of hydrogen-bond donors (Lipinski definition) is 1. The standard InChI is InChI=1S/C19H18F4N2O3/c1-27-14-9-7-13(8-10-14)25-16(19(21,22)23)15(18(26)28-2)24-17(25)11-3-5-12(20)6-4-11/h3-10,15-17,24H,1-2H3/t15-,16-,17-/m1/s1. The molecule has 0 unspecified atom stereocenters. The monoisotopic (exact) mass is 398 g/mol. The summed E-state index contributed by atoms with van der Waals surface area (Å²) in [7, 11) is 2.47. The quantitative estimate of drug-likeness (QED) is 0.632. The number of alkyl halides is 3. The van der Waals surface area contributed by atoms with E-state index in [9.17, 15) is 22.4 Å². The number of hydrogen-bond acceptors (Lipinski definition) is 5. The molecule has 1 N–H and O–H groups in total. The number of halogens is 4. The van der Waals surface area contributed by atoms with E-state index in [2.05, 4.69) is 10.1 Å². The first-order valence-corrected chi connectivity index (χ1v) is 8.34. The van der Waals surface area contributed by atoms with Crippen molar-refractivity contribution in [3.63, 3.8) is 0 Å². The summed E-state index contributed by atoms with van der Waals surface area (Å²) in [6.07, 6.45) is -5.76. The van der Waals surface area contributed by atoms with Crippen molar-refractivity contribution in [2.24, 2.45) is 0 Å². The van der Waals surface area contributed by atoms with Crippen molar-refractivity contribution in [1.82, 2.24) is 5.32 Å². The van der Waals surface area contributed by atoms with E-state index >= 15 is 0 Å². The summed E-state index contributed by atoms with van der Waals surface area (Å²) in [6.45, 7) is 0. The molecule has 150 valence electrons. The molecule has 0 radical (unpaired) electrons. The van der Waals surface area contributed by atoms with Gasteiger partial charge in [-0.25, -0.2) is 4.39 Å². The first-order chi connectivity index (χ1) is 13.3. The third-order valence-electron chi connectivity index (χ3n) is 4.58. The molecule has 1 aliphatic rings.